The molecule has 1 rings (SSSR count). The quantitative estimate of drug-likeness (QED) is 0.648. The van der Waals surface area contributed by atoms with Crippen LogP contribution in [0.15, 0.2) is 0 Å². The number of hydrogen-bond acceptors (Lipinski definition) is 6. The average Bonchev–Trinajstić information content (AvgIpc) is 2.46. The number of ether oxygens (including phenoxy) is 2. The van der Waals surface area contributed by atoms with Gasteiger partial charge in [-0.15, -0.1) is 5.10 Å². The van der Waals surface area contributed by atoms with Crippen molar-refractivity contribution in [2.24, 2.45) is 0 Å². The molecular formula is C13H24N4O2. The zero-order valence-corrected chi connectivity index (χ0v) is 12.1. The highest BCUT2D eigenvalue weighted by molar-refractivity contribution is 5.25. The predicted molar refractivity (Wildman–Crippen MR) is 74.4 cm³/mol. The molecule has 0 radical (unpaired) electrons. The standard InChI is InChI=1S/C13H24N4O2/c1-4-11-12(5-2)16-17-13(15-11)14-7-6-8-19-10-9-18-3/h4-10H2,1-3H3,(H,14,15,17). The van der Waals surface area contributed by atoms with E-state index in [0.29, 0.717) is 25.8 Å². The van der Waals surface area contributed by atoms with Gasteiger partial charge in [-0.25, -0.2) is 4.98 Å². The van der Waals surface area contributed by atoms with Crippen molar-refractivity contribution in [3.63, 3.8) is 0 Å². The molecule has 0 aromatic carbocycles. The summed E-state index contributed by atoms with van der Waals surface area (Å²) in [5.41, 5.74) is 2.01. The monoisotopic (exact) mass is 268 g/mol. The average molecular weight is 268 g/mol. The molecule has 0 bridgehead atoms. The maximum Gasteiger partial charge on any atom is 0.242 e. The van der Waals surface area contributed by atoms with E-state index in [9.17, 15) is 0 Å². The highest BCUT2D eigenvalue weighted by Crippen LogP contribution is 2.06. The van der Waals surface area contributed by atoms with Crippen molar-refractivity contribution >= 4 is 5.95 Å². The number of aryl methyl sites for hydroxylation is 2. The normalized spacial score (nSPS) is 10.7. The van der Waals surface area contributed by atoms with Gasteiger partial charge < -0.3 is 14.8 Å². The summed E-state index contributed by atoms with van der Waals surface area (Å²) in [6.45, 7) is 6.91. The van der Waals surface area contributed by atoms with Crippen LogP contribution in [-0.2, 0) is 22.3 Å². The summed E-state index contributed by atoms with van der Waals surface area (Å²) in [7, 11) is 1.67. The van der Waals surface area contributed by atoms with E-state index < -0.39 is 0 Å². The van der Waals surface area contributed by atoms with Crippen LogP contribution in [0.25, 0.3) is 0 Å². The summed E-state index contributed by atoms with van der Waals surface area (Å²) in [4.78, 5) is 4.46. The molecular weight excluding hydrogens is 244 g/mol. The fraction of sp³-hybridized carbons (Fsp3) is 0.769. The molecule has 1 heterocycles. The molecule has 0 aliphatic rings. The molecule has 6 heteroatoms. The Morgan fingerprint density at radius 3 is 2.47 bits per heavy atom. The minimum atomic E-state index is 0.603. The number of rotatable bonds is 10. The van der Waals surface area contributed by atoms with Gasteiger partial charge in [0.1, 0.15) is 0 Å². The summed E-state index contributed by atoms with van der Waals surface area (Å²) in [5.74, 6) is 0.603. The third-order valence-electron chi connectivity index (χ3n) is 2.69. The lowest BCUT2D eigenvalue weighted by atomic mass is 10.2. The van der Waals surface area contributed by atoms with Crippen LogP contribution in [0.5, 0.6) is 0 Å². The molecule has 0 aliphatic carbocycles. The highest BCUT2D eigenvalue weighted by Gasteiger charge is 2.05. The number of methoxy groups -OCH3 is 1. The van der Waals surface area contributed by atoms with Crippen molar-refractivity contribution in [3.05, 3.63) is 11.4 Å². The molecule has 108 valence electrons. The van der Waals surface area contributed by atoms with Crippen molar-refractivity contribution in [2.75, 3.05) is 38.8 Å². The van der Waals surface area contributed by atoms with Crippen LogP contribution in [0, 0.1) is 0 Å². The van der Waals surface area contributed by atoms with Gasteiger partial charge in [0.25, 0.3) is 0 Å². The molecule has 0 saturated heterocycles. The Labute approximate surface area is 114 Å². The van der Waals surface area contributed by atoms with E-state index in [0.717, 1.165) is 37.2 Å². The third kappa shape index (κ3) is 5.94. The van der Waals surface area contributed by atoms with E-state index in [4.69, 9.17) is 9.47 Å². The maximum atomic E-state index is 5.37. The van der Waals surface area contributed by atoms with Crippen LogP contribution < -0.4 is 5.32 Å². The minimum Gasteiger partial charge on any atom is -0.382 e. The maximum absolute atomic E-state index is 5.37. The van der Waals surface area contributed by atoms with Crippen LogP contribution in [0.3, 0.4) is 0 Å². The molecule has 1 N–H and O–H groups in total. The molecule has 0 amide bonds. The van der Waals surface area contributed by atoms with E-state index >= 15 is 0 Å². The number of nitrogens with zero attached hydrogens (tertiary/aromatic N) is 3. The Morgan fingerprint density at radius 2 is 1.79 bits per heavy atom. The Hall–Kier alpha value is -1.27. The Morgan fingerprint density at radius 1 is 1.00 bits per heavy atom. The Kier molecular flexibility index (Phi) is 8.00. The van der Waals surface area contributed by atoms with Crippen LogP contribution in [-0.4, -0.2) is 48.7 Å². The highest BCUT2D eigenvalue weighted by atomic mass is 16.5. The molecule has 0 saturated carbocycles. The summed E-state index contributed by atoms with van der Waals surface area (Å²) in [5, 5.41) is 11.4. The zero-order chi connectivity index (χ0) is 13.9. The second kappa shape index (κ2) is 9.63. The van der Waals surface area contributed by atoms with Crippen LogP contribution in [0.2, 0.25) is 0 Å². The molecule has 0 atom stereocenters. The van der Waals surface area contributed by atoms with Crippen molar-refractivity contribution in [2.45, 2.75) is 33.1 Å². The minimum absolute atomic E-state index is 0.603. The van der Waals surface area contributed by atoms with Crippen LogP contribution in [0.1, 0.15) is 31.7 Å². The van der Waals surface area contributed by atoms with Gasteiger partial charge in [-0.1, -0.05) is 13.8 Å². The van der Waals surface area contributed by atoms with Crippen molar-refractivity contribution in [1.29, 1.82) is 0 Å². The van der Waals surface area contributed by atoms with Crippen LogP contribution in [0.4, 0.5) is 5.95 Å². The number of anilines is 1. The summed E-state index contributed by atoms with van der Waals surface area (Å²) < 4.78 is 10.3. The molecule has 0 spiro atoms. The number of hydrogen-bond donors (Lipinski definition) is 1. The molecule has 19 heavy (non-hydrogen) atoms. The van der Waals surface area contributed by atoms with Gasteiger partial charge >= 0.3 is 0 Å². The van der Waals surface area contributed by atoms with Gasteiger partial charge in [-0.3, -0.25) is 0 Å². The fourth-order valence-electron chi connectivity index (χ4n) is 1.63. The second-order valence-electron chi connectivity index (χ2n) is 4.12. The van der Waals surface area contributed by atoms with Gasteiger partial charge in [0.05, 0.1) is 24.6 Å². The first-order valence-electron chi connectivity index (χ1n) is 6.84. The summed E-state index contributed by atoms with van der Waals surface area (Å²) in [6.07, 6.45) is 2.66. The molecule has 0 aliphatic heterocycles. The molecule has 6 nitrogen and oxygen atoms in total. The topological polar surface area (TPSA) is 69.2 Å². The van der Waals surface area contributed by atoms with Crippen molar-refractivity contribution in [3.8, 4) is 0 Å². The number of aromatic nitrogens is 3. The summed E-state index contributed by atoms with van der Waals surface area (Å²) in [6, 6.07) is 0. The first kappa shape index (κ1) is 15.8. The smallest absolute Gasteiger partial charge is 0.242 e. The predicted octanol–water partition coefficient (Wildman–Crippen LogP) is 1.46. The third-order valence-corrected chi connectivity index (χ3v) is 2.69. The van der Waals surface area contributed by atoms with Crippen molar-refractivity contribution in [1.82, 2.24) is 15.2 Å². The number of nitrogens with one attached hydrogen (secondary N) is 1. The largest absolute Gasteiger partial charge is 0.382 e. The SMILES string of the molecule is CCc1nnc(NCCCOCCOC)nc1CC. The fourth-order valence-corrected chi connectivity index (χ4v) is 1.63. The van der Waals surface area contributed by atoms with E-state index in [2.05, 4.69) is 34.3 Å². The lowest BCUT2D eigenvalue weighted by Gasteiger charge is -2.08. The van der Waals surface area contributed by atoms with E-state index in [1.807, 2.05) is 0 Å². The summed E-state index contributed by atoms with van der Waals surface area (Å²) >= 11 is 0. The van der Waals surface area contributed by atoms with Gasteiger partial charge in [0.2, 0.25) is 5.95 Å². The molecule has 1 aromatic rings. The lowest BCUT2D eigenvalue weighted by Crippen LogP contribution is -2.12. The van der Waals surface area contributed by atoms with E-state index in [1.165, 1.54) is 0 Å². The lowest BCUT2D eigenvalue weighted by molar-refractivity contribution is 0.0705. The van der Waals surface area contributed by atoms with E-state index in [1.54, 1.807) is 7.11 Å². The molecule has 0 fully saturated rings. The van der Waals surface area contributed by atoms with Gasteiger partial charge in [0, 0.05) is 20.3 Å². The van der Waals surface area contributed by atoms with Gasteiger partial charge in [-0.2, -0.15) is 5.10 Å². The Balaban J connectivity index is 2.26. The van der Waals surface area contributed by atoms with Gasteiger partial charge in [-0.05, 0) is 19.3 Å². The first-order chi connectivity index (χ1) is 9.31. The molecule has 0 unspecified atom stereocenters. The van der Waals surface area contributed by atoms with Crippen LogP contribution >= 0.6 is 0 Å². The second-order valence-corrected chi connectivity index (χ2v) is 4.12. The van der Waals surface area contributed by atoms with Gasteiger partial charge in [0.15, 0.2) is 0 Å². The van der Waals surface area contributed by atoms with Crippen molar-refractivity contribution < 1.29 is 9.47 Å². The first-order valence-corrected chi connectivity index (χ1v) is 6.84. The molecule has 1 aromatic heterocycles. The van der Waals surface area contributed by atoms with E-state index in [-0.39, 0.29) is 0 Å². The Bertz CT molecular complexity index is 360. The zero-order valence-electron chi connectivity index (χ0n) is 12.1.